The summed E-state index contributed by atoms with van der Waals surface area (Å²) in [5.41, 5.74) is 1.69. The summed E-state index contributed by atoms with van der Waals surface area (Å²) in [6, 6.07) is 13.7. The third-order valence-electron chi connectivity index (χ3n) is 5.36. The van der Waals surface area contributed by atoms with Gasteiger partial charge in [0, 0.05) is 43.0 Å². The van der Waals surface area contributed by atoms with Gasteiger partial charge in [-0.1, -0.05) is 18.2 Å². The van der Waals surface area contributed by atoms with Gasteiger partial charge in [-0.25, -0.2) is 9.18 Å². The first-order valence-corrected chi connectivity index (χ1v) is 9.99. The predicted octanol–water partition coefficient (Wildman–Crippen LogP) is 3.46. The molecular formula is C22H25FN4O2. The van der Waals surface area contributed by atoms with Crippen LogP contribution in [0.1, 0.15) is 30.1 Å². The zero-order valence-corrected chi connectivity index (χ0v) is 16.4. The number of benzene rings is 2. The van der Waals surface area contributed by atoms with Crippen molar-refractivity contribution in [3.8, 4) is 0 Å². The van der Waals surface area contributed by atoms with Crippen LogP contribution in [0, 0.1) is 5.82 Å². The van der Waals surface area contributed by atoms with E-state index in [1.807, 2.05) is 17.9 Å². The lowest BCUT2D eigenvalue weighted by Crippen LogP contribution is -2.54. The maximum atomic E-state index is 14.1. The summed E-state index contributed by atoms with van der Waals surface area (Å²) in [6.45, 7) is 3.61. The van der Waals surface area contributed by atoms with Gasteiger partial charge >= 0.3 is 6.03 Å². The number of piperazine rings is 1. The topological polar surface area (TPSA) is 64.7 Å². The Hall–Kier alpha value is -3.09. The molecule has 1 aliphatic carbocycles. The fourth-order valence-electron chi connectivity index (χ4n) is 3.66. The van der Waals surface area contributed by atoms with E-state index in [1.165, 1.54) is 6.07 Å². The average molecular weight is 396 g/mol. The Bertz CT molecular complexity index is 915. The lowest BCUT2D eigenvalue weighted by atomic mass is 10.1. The monoisotopic (exact) mass is 396 g/mol. The van der Waals surface area contributed by atoms with E-state index < -0.39 is 0 Å². The zero-order valence-electron chi connectivity index (χ0n) is 16.4. The highest BCUT2D eigenvalue weighted by atomic mass is 19.1. The number of carbonyl (C=O) groups excluding carboxylic acids is 2. The summed E-state index contributed by atoms with van der Waals surface area (Å²) in [6.07, 6.45) is 2.03. The van der Waals surface area contributed by atoms with Gasteiger partial charge in [0.15, 0.2) is 0 Å². The smallest absolute Gasteiger partial charge is 0.319 e. The van der Waals surface area contributed by atoms with Gasteiger partial charge in [0.05, 0.1) is 5.69 Å². The molecule has 1 aliphatic heterocycles. The Morgan fingerprint density at radius 3 is 2.59 bits per heavy atom. The molecule has 1 saturated heterocycles. The first-order valence-electron chi connectivity index (χ1n) is 9.99. The van der Waals surface area contributed by atoms with Crippen LogP contribution in [-0.2, 0) is 0 Å². The van der Waals surface area contributed by atoms with Gasteiger partial charge in [-0.3, -0.25) is 4.79 Å². The Morgan fingerprint density at radius 2 is 1.86 bits per heavy atom. The molecule has 2 fully saturated rings. The highest BCUT2D eigenvalue weighted by Gasteiger charge is 2.29. The van der Waals surface area contributed by atoms with Crippen molar-refractivity contribution in [3.63, 3.8) is 0 Å². The summed E-state index contributed by atoms with van der Waals surface area (Å²) >= 11 is 0. The SMILES string of the molecule is C[C@H]1CN(c2ccccc2F)CCN1C(=O)c1cccc(NC(=O)NC2CC2)c1. The number of para-hydroxylation sites is 1. The van der Waals surface area contributed by atoms with Crippen LogP contribution < -0.4 is 15.5 Å². The standard InChI is InChI=1S/C22H25FN4O2/c1-15-14-26(20-8-3-2-7-19(20)23)11-12-27(15)21(28)16-5-4-6-18(13-16)25-22(29)24-17-9-10-17/h2-8,13,15,17H,9-12,14H2,1H3,(H2,24,25,29)/t15-/m0/s1. The lowest BCUT2D eigenvalue weighted by Gasteiger charge is -2.41. The number of hydrogen-bond donors (Lipinski definition) is 2. The van der Waals surface area contributed by atoms with Gasteiger partial charge in [0.2, 0.25) is 0 Å². The van der Waals surface area contributed by atoms with Crippen molar-refractivity contribution in [1.82, 2.24) is 10.2 Å². The number of hydrogen-bond acceptors (Lipinski definition) is 3. The van der Waals surface area contributed by atoms with E-state index in [1.54, 1.807) is 41.3 Å². The highest BCUT2D eigenvalue weighted by Crippen LogP contribution is 2.24. The molecular weight excluding hydrogens is 371 g/mol. The molecule has 2 N–H and O–H groups in total. The van der Waals surface area contributed by atoms with Gasteiger partial charge in [-0.05, 0) is 50.1 Å². The molecule has 152 valence electrons. The maximum absolute atomic E-state index is 14.1. The summed E-state index contributed by atoms with van der Waals surface area (Å²) in [7, 11) is 0. The van der Waals surface area contributed by atoms with Crippen molar-refractivity contribution in [2.24, 2.45) is 0 Å². The molecule has 1 saturated carbocycles. The molecule has 0 unspecified atom stereocenters. The zero-order chi connectivity index (χ0) is 20.4. The van der Waals surface area contributed by atoms with Crippen molar-refractivity contribution >= 4 is 23.3 Å². The molecule has 1 atom stereocenters. The third kappa shape index (κ3) is 4.50. The molecule has 0 radical (unpaired) electrons. The van der Waals surface area contributed by atoms with Gasteiger partial charge in [0.25, 0.3) is 5.91 Å². The van der Waals surface area contributed by atoms with Crippen molar-refractivity contribution in [2.75, 3.05) is 29.9 Å². The number of nitrogens with zero attached hydrogens (tertiary/aromatic N) is 2. The summed E-state index contributed by atoms with van der Waals surface area (Å²) in [4.78, 5) is 28.8. The van der Waals surface area contributed by atoms with E-state index in [0.29, 0.717) is 36.6 Å². The fraction of sp³-hybridized carbons (Fsp3) is 0.364. The lowest BCUT2D eigenvalue weighted by molar-refractivity contribution is 0.0674. The number of rotatable bonds is 4. The molecule has 2 aromatic rings. The predicted molar refractivity (Wildman–Crippen MR) is 111 cm³/mol. The molecule has 0 spiro atoms. The van der Waals surface area contributed by atoms with Crippen LogP contribution in [0.5, 0.6) is 0 Å². The largest absolute Gasteiger partial charge is 0.365 e. The van der Waals surface area contributed by atoms with Crippen LogP contribution in [0.4, 0.5) is 20.6 Å². The van der Waals surface area contributed by atoms with Crippen LogP contribution >= 0.6 is 0 Å². The summed E-state index contributed by atoms with van der Waals surface area (Å²) in [5, 5.41) is 5.65. The number of nitrogens with one attached hydrogen (secondary N) is 2. The van der Waals surface area contributed by atoms with Crippen LogP contribution in [-0.4, -0.2) is 48.6 Å². The summed E-state index contributed by atoms with van der Waals surface area (Å²) in [5.74, 6) is -0.334. The number of carbonyl (C=O) groups is 2. The quantitative estimate of drug-likeness (QED) is 0.832. The molecule has 3 amide bonds. The molecule has 1 heterocycles. The molecule has 7 heteroatoms. The number of urea groups is 1. The van der Waals surface area contributed by atoms with Crippen LogP contribution in [0.3, 0.4) is 0 Å². The van der Waals surface area contributed by atoms with Crippen molar-refractivity contribution in [2.45, 2.75) is 31.8 Å². The van der Waals surface area contributed by atoms with E-state index in [2.05, 4.69) is 10.6 Å². The van der Waals surface area contributed by atoms with E-state index in [0.717, 1.165) is 12.8 Å². The van der Waals surface area contributed by atoms with Crippen LogP contribution in [0.15, 0.2) is 48.5 Å². The normalized spacial score (nSPS) is 19.0. The second-order valence-corrected chi connectivity index (χ2v) is 7.70. The second-order valence-electron chi connectivity index (χ2n) is 7.70. The van der Waals surface area contributed by atoms with Crippen molar-refractivity contribution in [1.29, 1.82) is 0 Å². The van der Waals surface area contributed by atoms with Gasteiger partial charge in [-0.2, -0.15) is 0 Å². The molecule has 4 rings (SSSR count). The van der Waals surface area contributed by atoms with E-state index in [4.69, 9.17) is 0 Å². The van der Waals surface area contributed by atoms with Gasteiger partial charge < -0.3 is 20.4 Å². The molecule has 6 nitrogen and oxygen atoms in total. The highest BCUT2D eigenvalue weighted by molar-refractivity contribution is 5.97. The Morgan fingerprint density at radius 1 is 1.07 bits per heavy atom. The van der Waals surface area contributed by atoms with Crippen LogP contribution in [0.25, 0.3) is 0 Å². The first-order chi connectivity index (χ1) is 14.0. The minimum absolute atomic E-state index is 0.0642. The number of anilines is 2. The third-order valence-corrected chi connectivity index (χ3v) is 5.36. The van der Waals surface area contributed by atoms with E-state index >= 15 is 0 Å². The average Bonchev–Trinajstić information content (AvgIpc) is 3.52. The molecule has 2 aromatic carbocycles. The van der Waals surface area contributed by atoms with Gasteiger partial charge in [0.1, 0.15) is 5.82 Å². The molecule has 0 aromatic heterocycles. The van der Waals surface area contributed by atoms with Crippen molar-refractivity contribution < 1.29 is 14.0 Å². The Balaban J connectivity index is 1.41. The summed E-state index contributed by atoms with van der Waals surface area (Å²) < 4.78 is 14.1. The fourth-order valence-corrected chi connectivity index (χ4v) is 3.66. The van der Waals surface area contributed by atoms with Crippen molar-refractivity contribution in [3.05, 3.63) is 59.9 Å². The molecule has 0 bridgehead atoms. The Kier molecular flexibility index (Phi) is 5.38. The first kappa shape index (κ1) is 19.2. The molecule has 2 aliphatic rings. The van der Waals surface area contributed by atoms with Crippen LogP contribution in [0.2, 0.25) is 0 Å². The number of amides is 3. The minimum Gasteiger partial charge on any atom is -0.365 e. The minimum atomic E-state index is -0.247. The Labute approximate surface area is 169 Å². The maximum Gasteiger partial charge on any atom is 0.319 e. The van der Waals surface area contributed by atoms with Gasteiger partial charge in [-0.15, -0.1) is 0 Å². The van der Waals surface area contributed by atoms with E-state index in [-0.39, 0.29) is 29.8 Å². The van der Waals surface area contributed by atoms with E-state index in [9.17, 15) is 14.0 Å². The second kappa shape index (κ2) is 8.11. The molecule has 29 heavy (non-hydrogen) atoms. The number of halogens is 1.